The van der Waals surface area contributed by atoms with Crippen molar-refractivity contribution < 1.29 is 33.4 Å². The van der Waals surface area contributed by atoms with Crippen LogP contribution in [0.4, 0.5) is 0 Å². The normalized spacial score (nSPS) is 28.9. The maximum Gasteiger partial charge on any atom is 0.251 e. The minimum Gasteiger partial charge on any atom is -0.368 e. The third-order valence-electron chi connectivity index (χ3n) is 7.40. The molecule has 218 valence electrons. The molecule has 3 aliphatic rings. The van der Waals surface area contributed by atoms with Crippen LogP contribution in [-0.4, -0.2) is 110 Å². The molecule has 3 aliphatic heterocycles. The summed E-state index contributed by atoms with van der Waals surface area (Å²) in [6.07, 6.45) is -0.747. The molecular weight excluding hydrogens is 518 g/mol. The molecule has 3 fully saturated rings. The lowest BCUT2D eigenvalue weighted by molar-refractivity contribution is -0.162. The van der Waals surface area contributed by atoms with E-state index in [9.17, 15) is 24.0 Å². The first-order chi connectivity index (χ1) is 19.1. The number of amides is 5. The van der Waals surface area contributed by atoms with Crippen molar-refractivity contribution in [3.8, 4) is 0 Å². The van der Waals surface area contributed by atoms with Gasteiger partial charge in [0.05, 0.1) is 19.2 Å². The van der Waals surface area contributed by atoms with E-state index in [-0.39, 0.29) is 44.4 Å². The zero-order valence-corrected chi connectivity index (χ0v) is 23.3. The quantitative estimate of drug-likeness (QED) is 0.440. The highest BCUT2D eigenvalue weighted by molar-refractivity contribution is 5.93. The molecule has 40 heavy (non-hydrogen) atoms. The molecule has 0 aromatic heterocycles. The smallest absolute Gasteiger partial charge is 0.251 e. The Morgan fingerprint density at radius 1 is 1.05 bits per heavy atom. The molecule has 5 atom stereocenters. The molecule has 4 rings (SSSR count). The third-order valence-corrected chi connectivity index (χ3v) is 7.40. The Hall–Kier alpha value is -3.51. The van der Waals surface area contributed by atoms with Gasteiger partial charge in [0.25, 0.3) is 11.8 Å². The van der Waals surface area contributed by atoms with Gasteiger partial charge in [-0.05, 0) is 24.3 Å². The molecule has 3 saturated heterocycles. The summed E-state index contributed by atoms with van der Waals surface area (Å²) in [6, 6.07) is 7.40. The van der Waals surface area contributed by atoms with Crippen LogP contribution in [-0.2, 0) is 39.9 Å². The number of hydrogen-bond acceptors (Lipinski definition) is 7. The average molecular weight is 558 g/mol. The number of nitrogens with zero attached hydrogens (tertiary/aromatic N) is 2. The molecule has 5 amide bonds. The summed E-state index contributed by atoms with van der Waals surface area (Å²) in [5.41, 5.74) is 0.823. The second-order valence-electron chi connectivity index (χ2n) is 11.0. The van der Waals surface area contributed by atoms with Gasteiger partial charge < -0.3 is 35.2 Å². The molecule has 12 heteroatoms. The van der Waals surface area contributed by atoms with Gasteiger partial charge in [0.15, 0.2) is 6.10 Å². The van der Waals surface area contributed by atoms with E-state index in [1.807, 2.05) is 30.3 Å². The molecule has 2 bridgehead atoms. The summed E-state index contributed by atoms with van der Waals surface area (Å²) in [5.74, 6) is -2.38. The van der Waals surface area contributed by atoms with Crippen LogP contribution in [0.2, 0.25) is 0 Å². The Labute approximate surface area is 234 Å². The number of carbonyl (C=O) groups is 5. The molecule has 1 aromatic carbocycles. The average Bonchev–Trinajstić information content (AvgIpc) is 3.48. The van der Waals surface area contributed by atoms with Crippen LogP contribution in [0.15, 0.2) is 30.3 Å². The van der Waals surface area contributed by atoms with Crippen LogP contribution >= 0.6 is 0 Å². The minimum atomic E-state index is -1.07. The molecule has 0 spiro atoms. The van der Waals surface area contributed by atoms with Crippen LogP contribution < -0.4 is 16.0 Å². The summed E-state index contributed by atoms with van der Waals surface area (Å²) < 4.78 is 11.7. The van der Waals surface area contributed by atoms with Crippen LogP contribution in [0.5, 0.6) is 0 Å². The first kappa shape index (κ1) is 29.5. The van der Waals surface area contributed by atoms with Gasteiger partial charge in [0, 0.05) is 33.2 Å². The number of likely N-dealkylation sites (N-methyl/N-ethyl adjacent to an activating group) is 1. The standard InChI is InChI=1S/C28H39N5O7/c1-17(2)24-26(36)29-13-19-14-33(28(38)21-10-7-11-39-21)15-22(40-19)25(35)30-20(12-18-8-5-4-6-9-18)27(37)32(3)16-23(34)31-24/h4-6,8-9,17,19-22,24H,7,10-16H2,1-3H3,(H,29,36)(H,30,35)(H,31,34)/t19-,20+,21-,22+,24-/m0/s1. The molecule has 0 unspecified atom stereocenters. The zero-order chi connectivity index (χ0) is 28.8. The molecule has 0 saturated carbocycles. The van der Waals surface area contributed by atoms with E-state index >= 15 is 0 Å². The predicted octanol–water partition coefficient (Wildman–Crippen LogP) is -0.782. The highest BCUT2D eigenvalue weighted by atomic mass is 16.5. The topological polar surface area (TPSA) is 146 Å². The van der Waals surface area contributed by atoms with E-state index < -0.39 is 54.0 Å². The van der Waals surface area contributed by atoms with E-state index in [2.05, 4.69) is 16.0 Å². The largest absolute Gasteiger partial charge is 0.368 e. The van der Waals surface area contributed by atoms with Crippen molar-refractivity contribution in [2.45, 2.75) is 63.5 Å². The van der Waals surface area contributed by atoms with E-state index in [1.165, 1.54) is 11.9 Å². The van der Waals surface area contributed by atoms with E-state index in [4.69, 9.17) is 9.47 Å². The van der Waals surface area contributed by atoms with Crippen molar-refractivity contribution >= 4 is 29.5 Å². The number of nitrogens with one attached hydrogen (secondary N) is 3. The van der Waals surface area contributed by atoms with Crippen molar-refractivity contribution in [1.29, 1.82) is 0 Å². The van der Waals surface area contributed by atoms with Gasteiger partial charge in [-0.3, -0.25) is 24.0 Å². The maximum atomic E-state index is 13.5. The predicted molar refractivity (Wildman–Crippen MR) is 144 cm³/mol. The minimum absolute atomic E-state index is 0.00821. The number of morpholine rings is 1. The fourth-order valence-corrected chi connectivity index (χ4v) is 5.20. The summed E-state index contributed by atoms with van der Waals surface area (Å²) in [5, 5.41) is 8.34. The molecule has 0 radical (unpaired) electrons. The van der Waals surface area contributed by atoms with Gasteiger partial charge in [-0.15, -0.1) is 0 Å². The van der Waals surface area contributed by atoms with Crippen molar-refractivity contribution in [3.63, 3.8) is 0 Å². The van der Waals surface area contributed by atoms with Crippen LogP contribution in [0.1, 0.15) is 32.3 Å². The number of carbonyl (C=O) groups excluding carboxylic acids is 5. The van der Waals surface area contributed by atoms with Crippen molar-refractivity contribution in [2.24, 2.45) is 5.92 Å². The Balaban J connectivity index is 1.62. The highest BCUT2D eigenvalue weighted by Gasteiger charge is 2.40. The molecule has 3 heterocycles. The second-order valence-corrected chi connectivity index (χ2v) is 11.0. The van der Waals surface area contributed by atoms with Gasteiger partial charge >= 0.3 is 0 Å². The lowest BCUT2D eigenvalue weighted by Crippen LogP contribution is -2.60. The van der Waals surface area contributed by atoms with Gasteiger partial charge in [-0.25, -0.2) is 0 Å². The van der Waals surface area contributed by atoms with Crippen LogP contribution in [0.3, 0.4) is 0 Å². The van der Waals surface area contributed by atoms with Crippen LogP contribution in [0, 0.1) is 5.92 Å². The zero-order valence-electron chi connectivity index (χ0n) is 23.3. The van der Waals surface area contributed by atoms with Crippen molar-refractivity contribution in [3.05, 3.63) is 35.9 Å². The summed E-state index contributed by atoms with van der Waals surface area (Å²) in [6.45, 7) is 4.01. The summed E-state index contributed by atoms with van der Waals surface area (Å²) in [4.78, 5) is 68.9. The lowest BCUT2D eigenvalue weighted by Gasteiger charge is -2.39. The summed E-state index contributed by atoms with van der Waals surface area (Å²) in [7, 11) is 1.48. The SMILES string of the molecule is CC(C)[C@@H]1NC(=O)CN(C)C(=O)[C@@H](Cc2ccccc2)NC(=O)[C@H]2CN(C(=O)[C@@H]3CCCO3)C[C@H](CNC1=O)O2. The third kappa shape index (κ3) is 7.36. The van der Waals surface area contributed by atoms with Gasteiger partial charge in [0.1, 0.15) is 18.2 Å². The fraction of sp³-hybridized carbons (Fsp3) is 0.607. The van der Waals surface area contributed by atoms with Gasteiger partial charge in [-0.2, -0.15) is 0 Å². The van der Waals surface area contributed by atoms with Crippen molar-refractivity contribution in [1.82, 2.24) is 25.8 Å². The first-order valence-corrected chi connectivity index (χ1v) is 13.8. The molecule has 12 nitrogen and oxygen atoms in total. The Morgan fingerprint density at radius 2 is 1.80 bits per heavy atom. The Morgan fingerprint density at radius 3 is 2.48 bits per heavy atom. The molecule has 1 aromatic rings. The van der Waals surface area contributed by atoms with E-state index in [1.54, 1.807) is 18.7 Å². The number of rotatable bonds is 4. The number of fused-ring (bicyclic) bond motifs is 2. The summed E-state index contributed by atoms with van der Waals surface area (Å²) >= 11 is 0. The Bertz CT molecular complexity index is 1090. The maximum absolute atomic E-state index is 13.5. The first-order valence-electron chi connectivity index (χ1n) is 13.8. The fourth-order valence-electron chi connectivity index (χ4n) is 5.20. The van der Waals surface area contributed by atoms with E-state index in [0.29, 0.717) is 13.0 Å². The molecular formula is C28H39N5O7. The monoisotopic (exact) mass is 557 g/mol. The lowest BCUT2D eigenvalue weighted by atomic mass is 10.0. The Kier molecular flexibility index (Phi) is 9.75. The molecule has 3 N–H and O–H groups in total. The highest BCUT2D eigenvalue weighted by Crippen LogP contribution is 2.20. The molecule has 0 aliphatic carbocycles. The van der Waals surface area contributed by atoms with Crippen LogP contribution in [0.25, 0.3) is 0 Å². The van der Waals surface area contributed by atoms with Gasteiger partial charge in [-0.1, -0.05) is 44.2 Å². The second kappa shape index (κ2) is 13.2. The number of benzene rings is 1. The number of hydrogen-bond donors (Lipinski definition) is 3. The van der Waals surface area contributed by atoms with Crippen molar-refractivity contribution in [2.75, 3.05) is 39.8 Å². The van der Waals surface area contributed by atoms with Gasteiger partial charge in [0.2, 0.25) is 17.7 Å². The number of ether oxygens (including phenoxy) is 2. The van der Waals surface area contributed by atoms with E-state index in [0.717, 1.165) is 12.0 Å².